The van der Waals surface area contributed by atoms with Gasteiger partial charge in [0.1, 0.15) is 5.69 Å². The molecule has 0 aliphatic carbocycles. The molecule has 2 aromatic rings. The number of hydrogen-bond acceptors (Lipinski definition) is 1. The number of benzene rings is 1. The number of aromatic nitrogens is 1. The lowest BCUT2D eigenvalue weighted by atomic mass is 10.2. The van der Waals surface area contributed by atoms with Crippen LogP contribution in [-0.2, 0) is 0 Å². The summed E-state index contributed by atoms with van der Waals surface area (Å²) in [6, 6.07) is 5.29. The highest BCUT2D eigenvalue weighted by atomic mass is 35.5. The van der Waals surface area contributed by atoms with E-state index in [1.54, 1.807) is 18.2 Å². The minimum Gasteiger partial charge on any atom is -0.351 e. The van der Waals surface area contributed by atoms with Crippen molar-refractivity contribution in [2.45, 2.75) is 6.92 Å². The monoisotopic (exact) mass is 227 g/mol. The Labute approximate surface area is 90.8 Å². The Morgan fingerprint density at radius 1 is 1.36 bits per heavy atom. The first kappa shape index (κ1) is 9.56. The summed E-state index contributed by atoms with van der Waals surface area (Å²) in [6.45, 7) is 1.47. The smallest absolute Gasteiger partial charge is 0.177 e. The summed E-state index contributed by atoms with van der Waals surface area (Å²) in [6.07, 6.45) is 0. The third-order valence-corrected chi connectivity index (χ3v) is 2.68. The average Bonchev–Trinajstić information content (AvgIpc) is 2.44. The van der Waals surface area contributed by atoms with Gasteiger partial charge >= 0.3 is 0 Å². The highest BCUT2D eigenvalue weighted by molar-refractivity contribution is 6.39. The molecule has 0 unspecified atom stereocenters. The van der Waals surface area contributed by atoms with Gasteiger partial charge in [-0.1, -0.05) is 23.2 Å². The van der Waals surface area contributed by atoms with Gasteiger partial charge in [-0.3, -0.25) is 4.79 Å². The summed E-state index contributed by atoms with van der Waals surface area (Å²) in [5, 5.41) is 1.83. The van der Waals surface area contributed by atoms with Gasteiger partial charge in [0.15, 0.2) is 5.78 Å². The largest absolute Gasteiger partial charge is 0.351 e. The fourth-order valence-corrected chi connectivity index (χ4v) is 1.88. The van der Waals surface area contributed by atoms with Crippen LogP contribution < -0.4 is 0 Å². The molecule has 1 aromatic carbocycles. The molecular formula is C10H7Cl2NO. The number of carbonyl (C=O) groups is 1. The van der Waals surface area contributed by atoms with Gasteiger partial charge in [0.25, 0.3) is 0 Å². The molecule has 0 spiro atoms. The summed E-state index contributed by atoms with van der Waals surface area (Å²) in [7, 11) is 0. The summed E-state index contributed by atoms with van der Waals surface area (Å²) in [5.74, 6) is -0.0812. The number of rotatable bonds is 1. The number of aromatic amines is 1. The summed E-state index contributed by atoms with van der Waals surface area (Å²) >= 11 is 11.8. The van der Waals surface area contributed by atoms with E-state index in [1.165, 1.54) is 6.92 Å². The van der Waals surface area contributed by atoms with Crippen molar-refractivity contribution >= 4 is 39.9 Å². The first-order valence-corrected chi connectivity index (χ1v) is 4.83. The van der Waals surface area contributed by atoms with Crippen LogP contribution in [0.3, 0.4) is 0 Å². The Hall–Kier alpha value is -0.990. The Morgan fingerprint density at radius 3 is 2.71 bits per heavy atom. The standard InChI is InChI=1S/C10H7Cl2NO/c1-5(14)10-9(12)7-4-6(11)2-3-8(7)13-10/h2-4,13H,1H3. The Kier molecular flexibility index (Phi) is 2.25. The molecule has 2 nitrogen and oxygen atoms in total. The lowest BCUT2D eigenvalue weighted by molar-refractivity contribution is 0.101. The molecule has 0 saturated heterocycles. The zero-order chi connectivity index (χ0) is 10.3. The summed E-state index contributed by atoms with van der Waals surface area (Å²) < 4.78 is 0. The molecule has 0 fully saturated rings. The minimum absolute atomic E-state index is 0.0812. The molecule has 4 heteroatoms. The van der Waals surface area contributed by atoms with Gasteiger partial charge in [-0.25, -0.2) is 0 Å². The number of carbonyl (C=O) groups excluding carboxylic acids is 1. The zero-order valence-corrected chi connectivity index (χ0v) is 8.91. The van der Waals surface area contributed by atoms with Gasteiger partial charge < -0.3 is 4.98 Å². The predicted octanol–water partition coefficient (Wildman–Crippen LogP) is 3.68. The number of hydrogen-bond donors (Lipinski definition) is 1. The lowest BCUT2D eigenvalue weighted by Crippen LogP contribution is -1.91. The van der Waals surface area contributed by atoms with E-state index in [1.807, 2.05) is 0 Å². The second-order valence-corrected chi connectivity index (χ2v) is 3.87. The van der Waals surface area contributed by atoms with Crippen LogP contribution in [0.25, 0.3) is 10.9 Å². The van der Waals surface area contributed by atoms with Gasteiger partial charge in [-0.05, 0) is 18.2 Å². The number of halogens is 2. The third-order valence-electron chi connectivity index (χ3n) is 2.05. The fourth-order valence-electron chi connectivity index (χ4n) is 1.37. The van der Waals surface area contributed by atoms with E-state index >= 15 is 0 Å². The molecule has 0 aliphatic rings. The average molecular weight is 228 g/mol. The molecule has 0 radical (unpaired) electrons. The van der Waals surface area contributed by atoms with Crippen LogP contribution in [0.5, 0.6) is 0 Å². The van der Waals surface area contributed by atoms with Gasteiger partial charge in [-0.15, -0.1) is 0 Å². The van der Waals surface area contributed by atoms with Gasteiger partial charge in [-0.2, -0.15) is 0 Å². The molecule has 72 valence electrons. The topological polar surface area (TPSA) is 32.9 Å². The normalized spacial score (nSPS) is 10.8. The quantitative estimate of drug-likeness (QED) is 0.742. The van der Waals surface area contributed by atoms with Gasteiger partial charge in [0, 0.05) is 22.8 Å². The molecule has 0 bridgehead atoms. The third kappa shape index (κ3) is 1.41. The molecule has 1 heterocycles. The number of Topliss-reactive ketones (excluding diaryl/α,β-unsaturated/α-hetero) is 1. The maximum Gasteiger partial charge on any atom is 0.177 e. The van der Waals surface area contributed by atoms with Crippen molar-refractivity contribution in [1.82, 2.24) is 4.98 Å². The van der Waals surface area contributed by atoms with Crippen LogP contribution in [0, 0.1) is 0 Å². The Morgan fingerprint density at radius 2 is 2.07 bits per heavy atom. The van der Waals surface area contributed by atoms with Crippen molar-refractivity contribution in [2.24, 2.45) is 0 Å². The van der Waals surface area contributed by atoms with E-state index in [9.17, 15) is 4.79 Å². The van der Waals surface area contributed by atoms with Crippen LogP contribution in [-0.4, -0.2) is 10.8 Å². The van der Waals surface area contributed by atoms with Gasteiger partial charge in [0.05, 0.1) is 5.02 Å². The van der Waals surface area contributed by atoms with Crippen molar-refractivity contribution in [3.63, 3.8) is 0 Å². The highest BCUT2D eigenvalue weighted by Gasteiger charge is 2.12. The molecule has 0 aliphatic heterocycles. The van der Waals surface area contributed by atoms with Crippen molar-refractivity contribution in [3.05, 3.63) is 33.9 Å². The van der Waals surface area contributed by atoms with E-state index in [0.29, 0.717) is 15.7 Å². The van der Waals surface area contributed by atoms with E-state index < -0.39 is 0 Å². The van der Waals surface area contributed by atoms with Crippen LogP contribution >= 0.6 is 23.2 Å². The highest BCUT2D eigenvalue weighted by Crippen LogP contribution is 2.29. The molecule has 1 aromatic heterocycles. The maximum atomic E-state index is 11.2. The van der Waals surface area contributed by atoms with E-state index in [2.05, 4.69) is 4.98 Å². The number of H-pyrrole nitrogens is 1. The molecule has 0 saturated carbocycles. The first-order chi connectivity index (χ1) is 6.59. The van der Waals surface area contributed by atoms with E-state index in [0.717, 1.165) is 10.9 Å². The molecule has 1 N–H and O–H groups in total. The van der Waals surface area contributed by atoms with Crippen molar-refractivity contribution in [2.75, 3.05) is 0 Å². The molecule has 14 heavy (non-hydrogen) atoms. The number of fused-ring (bicyclic) bond motifs is 1. The zero-order valence-electron chi connectivity index (χ0n) is 7.40. The van der Waals surface area contributed by atoms with Crippen molar-refractivity contribution in [3.8, 4) is 0 Å². The second kappa shape index (κ2) is 3.30. The predicted molar refractivity (Wildman–Crippen MR) is 58.3 cm³/mol. The maximum absolute atomic E-state index is 11.2. The molecule has 0 atom stereocenters. The molecule has 0 amide bonds. The van der Waals surface area contributed by atoms with Crippen molar-refractivity contribution < 1.29 is 4.79 Å². The minimum atomic E-state index is -0.0812. The van der Waals surface area contributed by atoms with Crippen molar-refractivity contribution in [1.29, 1.82) is 0 Å². The van der Waals surface area contributed by atoms with E-state index in [4.69, 9.17) is 23.2 Å². The Bertz CT molecular complexity index is 516. The van der Waals surface area contributed by atoms with E-state index in [-0.39, 0.29) is 5.78 Å². The molecular weight excluding hydrogens is 221 g/mol. The number of ketones is 1. The molecule has 2 rings (SSSR count). The SMILES string of the molecule is CC(=O)c1[nH]c2ccc(Cl)cc2c1Cl. The van der Waals surface area contributed by atoms with Crippen LogP contribution in [0.15, 0.2) is 18.2 Å². The lowest BCUT2D eigenvalue weighted by Gasteiger charge is -1.90. The van der Waals surface area contributed by atoms with Crippen LogP contribution in [0.1, 0.15) is 17.4 Å². The summed E-state index contributed by atoms with van der Waals surface area (Å²) in [5.41, 5.74) is 1.26. The second-order valence-electron chi connectivity index (χ2n) is 3.06. The van der Waals surface area contributed by atoms with Gasteiger partial charge in [0.2, 0.25) is 0 Å². The number of nitrogens with one attached hydrogen (secondary N) is 1. The van der Waals surface area contributed by atoms with Crippen LogP contribution in [0.4, 0.5) is 0 Å². The Balaban J connectivity index is 2.80. The summed E-state index contributed by atoms with van der Waals surface area (Å²) in [4.78, 5) is 14.1. The first-order valence-electron chi connectivity index (χ1n) is 4.07. The van der Waals surface area contributed by atoms with Crippen LogP contribution in [0.2, 0.25) is 10.0 Å². The fraction of sp³-hybridized carbons (Fsp3) is 0.100.